The zero-order chi connectivity index (χ0) is 21.2. The van der Waals surface area contributed by atoms with E-state index in [-0.39, 0.29) is 23.6 Å². The fourth-order valence-electron chi connectivity index (χ4n) is 2.99. The van der Waals surface area contributed by atoms with Gasteiger partial charge in [0.1, 0.15) is 6.04 Å². The number of hydrogen-bond acceptors (Lipinski definition) is 5. The number of amides is 2. The number of quaternary nitrogens is 1. The number of nitrogens with one attached hydrogen (secondary N) is 3. The summed E-state index contributed by atoms with van der Waals surface area (Å²) >= 11 is 1.33. The third kappa shape index (κ3) is 6.57. The summed E-state index contributed by atoms with van der Waals surface area (Å²) in [6.07, 6.45) is 3.06. The van der Waals surface area contributed by atoms with E-state index in [1.54, 1.807) is 24.3 Å². The molecule has 0 fully saturated rings. The van der Waals surface area contributed by atoms with Gasteiger partial charge in [0.2, 0.25) is 5.91 Å². The Hall–Kier alpha value is -2.39. The maximum atomic E-state index is 12.2. The maximum absolute atomic E-state index is 12.2. The van der Waals surface area contributed by atoms with Crippen molar-refractivity contribution in [3.63, 3.8) is 0 Å². The van der Waals surface area contributed by atoms with Crippen molar-refractivity contribution in [2.75, 3.05) is 19.8 Å². The fraction of sp³-hybridized carbons (Fsp3) is 0.500. The Morgan fingerprint density at radius 2 is 1.86 bits per heavy atom. The van der Waals surface area contributed by atoms with Crippen LogP contribution in [0.25, 0.3) is 0 Å². The lowest BCUT2D eigenvalue weighted by Gasteiger charge is -2.20. The molecule has 0 aliphatic heterocycles. The van der Waals surface area contributed by atoms with Gasteiger partial charge in [-0.05, 0) is 18.6 Å². The van der Waals surface area contributed by atoms with Crippen LogP contribution >= 0.6 is 11.8 Å². The molecule has 9 heteroatoms. The van der Waals surface area contributed by atoms with Crippen LogP contribution in [0, 0.1) is 0 Å². The van der Waals surface area contributed by atoms with Gasteiger partial charge in [0.25, 0.3) is 5.91 Å². The third-order valence-corrected chi connectivity index (χ3v) is 5.55. The zero-order valence-electron chi connectivity index (χ0n) is 17.6. The molecule has 1 heterocycles. The van der Waals surface area contributed by atoms with Crippen molar-refractivity contribution in [2.45, 2.75) is 50.9 Å². The largest absolute Gasteiger partial charge is 0.331 e. The van der Waals surface area contributed by atoms with Gasteiger partial charge in [-0.1, -0.05) is 50.2 Å². The maximum Gasteiger partial charge on any atom is 0.269 e. The number of unbranched alkanes of at least 4 members (excludes halogenated alkanes) is 1. The molecule has 0 bridgehead atoms. The van der Waals surface area contributed by atoms with Gasteiger partial charge in [-0.15, -0.1) is 10.2 Å². The molecule has 8 nitrogen and oxygen atoms in total. The van der Waals surface area contributed by atoms with Crippen molar-refractivity contribution in [3.05, 3.63) is 41.7 Å². The number of carbonyl (C=O) groups excluding carboxylic acids is 2. The molecule has 1 atom stereocenters. The molecule has 0 radical (unpaired) electrons. The monoisotopic (exact) mass is 419 g/mol. The lowest BCUT2D eigenvalue weighted by molar-refractivity contribution is -0.893. The molecular weight excluding hydrogens is 388 g/mol. The zero-order valence-corrected chi connectivity index (χ0v) is 18.4. The number of carbonyl (C=O) groups is 2. The van der Waals surface area contributed by atoms with E-state index in [4.69, 9.17) is 0 Å². The predicted molar refractivity (Wildman–Crippen MR) is 114 cm³/mol. The summed E-state index contributed by atoms with van der Waals surface area (Å²) in [6.45, 7) is 5.12. The second-order valence-corrected chi connectivity index (χ2v) is 7.98. The van der Waals surface area contributed by atoms with Gasteiger partial charge in [0, 0.05) is 18.5 Å². The molecule has 2 amide bonds. The molecule has 1 aromatic carbocycles. The van der Waals surface area contributed by atoms with Gasteiger partial charge in [0.15, 0.2) is 11.0 Å². The molecule has 3 N–H and O–H groups in total. The van der Waals surface area contributed by atoms with E-state index >= 15 is 0 Å². The van der Waals surface area contributed by atoms with E-state index in [0.717, 1.165) is 36.8 Å². The Morgan fingerprint density at radius 3 is 2.48 bits per heavy atom. The molecule has 2 aromatic rings. The normalized spacial score (nSPS) is 12.0. The molecular formula is C20H31N6O2S+. The van der Waals surface area contributed by atoms with Crippen LogP contribution in [0.2, 0.25) is 0 Å². The molecule has 29 heavy (non-hydrogen) atoms. The molecule has 0 saturated heterocycles. The molecule has 0 aliphatic carbocycles. The van der Waals surface area contributed by atoms with Gasteiger partial charge in [0.05, 0.1) is 19.8 Å². The average Bonchev–Trinajstić information content (AvgIpc) is 3.12. The summed E-state index contributed by atoms with van der Waals surface area (Å²) in [7, 11) is 4.23. The summed E-state index contributed by atoms with van der Waals surface area (Å²) in [5.41, 5.74) is 5.37. The van der Waals surface area contributed by atoms with Crippen LogP contribution in [0.3, 0.4) is 0 Å². The number of aromatic nitrogens is 3. The van der Waals surface area contributed by atoms with Crippen molar-refractivity contribution < 1.29 is 14.5 Å². The van der Waals surface area contributed by atoms with Gasteiger partial charge in [-0.3, -0.25) is 20.4 Å². The molecule has 0 spiro atoms. The van der Waals surface area contributed by atoms with Crippen molar-refractivity contribution in [1.82, 2.24) is 25.6 Å². The van der Waals surface area contributed by atoms with Crippen LogP contribution in [0.4, 0.5) is 0 Å². The Morgan fingerprint density at radius 1 is 1.14 bits per heavy atom. The van der Waals surface area contributed by atoms with Crippen molar-refractivity contribution in [2.24, 2.45) is 0 Å². The molecule has 0 unspecified atom stereocenters. The van der Waals surface area contributed by atoms with Gasteiger partial charge in [-0.25, -0.2) is 0 Å². The first kappa shape index (κ1) is 22.9. The Balaban J connectivity index is 1.97. The number of benzene rings is 1. The number of hydrogen-bond donors (Lipinski definition) is 3. The highest BCUT2D eigenvalue weighted by molar-refractivity contribution is 7.99. The Kier molecular flexibility index (Phi) is 9.14. The van der Waals surface area contributed by atoms with Gasteiger partial charge < -0.3 is 9.47 Å². The predicted octanol–water partition coefficient (Wildman–Crippen LogP) is 1.23. The lowest BCUT2D eigenvalue weighted by Crippen LogP contribution is -3.06. The molecule has 158 valence electrons. The first-order valence-corrected chi connectivity index (χ1v) is 11.0. The minimum absolute atomic E-state index is 0.144. The SMILES string of the molecule is CCCCn1c(SCC(=O)NNC(=O)c2ccccc2)nnc1[C@@H](CC)[NH+](C)C. The van der Waals surface area contributed by atoms with E-state index < -0.39 is 0 Å². The first-order chi connectivity index (χ1) is 14.0. The van der Waals surface area contributed by atoms with E-state index in [9.17, 15) is 9.59 Å². The van der Waals surface area contributed by atoms with E-state index in [1.807, 2.05) is 6.07 Å². The number of nitrogens with zero attached hydrogens (tertiary/aromatic N) is 3. The summed E-state index contributed by atoms with van der Waals surface area (Å²) in [5.74, 6) is 0.458. The fourth-order valence-corrected chi connectivity index (χ4v) is 3.77. The highest BCUT2D eigenvalue weighted by atomic mass is 32.2. The van der Waals surface area contributed by atoms with Crippen molar-refractivity contribution in [1.29, 1.82) is 0 Å². The molecule has 2 rings (SSSR count). The van der Waals surface area contributed by atoms with Crippen LogP contribution in [0.1, 0.15) is 55.3 Å². The van der Waals surface area contributed by atoms with E-state index in [0.29, 0.717) is 5.56 Å². The van der Waals surface area contributed by atoms with Crippen molar-refractivity contribution >= 4 is 23.6 Å². The summed E-state index contributed by atoms with van der Waals surface area (Å²) in [5, 5.41) is 9.49. The molecule has 0 aliphatic rings. The second kappa shape index (κ2) is 11.6. The number of rotatable bonds is 10. The van der Waals surface area contributed by atoms with Crippen LogP contribution in [0.5, 0.6) is 0 Å². The summed E-state index contributed by atoms with van der Waals surface area (Å²) in [4.78, 5) is 25.5. The second-order valence-electron chi connectivity index (χ2n) is 7.04. The Bertz CT molecular complexity index is 794. The lowest BCUT2D eigenvalue weighted by atomic mass is 10.2. The number of thioether (sulfide) groups is 1. The van der Waals surface area contributed by atoms with Gasteiger partial charge >= 0.3 is 0 Å². The van der Waals surface area contributed by atoms with Crippen LogP contribution < -0.4 is 15.8 Å². The average molecular weight is 420 g/mol. The number of hydrazine groups is 1. The van der Waals surface area contributed by atoms with Crippen LogP contribution in [-0.2, 0) is 11.3 Å². The first-order valence-electron chi connectivity index (χ1n) is 9.98. The van der Waals surface area contributed by atoms with E-state index in [1.165, 1.54) is 16.7 Å². The summed E-state index contributed by atoms with van der Waals surface area (Å²) < 4.78 is 2.13. The molecule has 0 saturated carbocycles. The van der Waals surface area contributed by atoms with Crippen molar-refractivity contribution in [3.8, 4) is 0 Å². The quantitative estimate of drug-likeness (QED) is 0.398. The summed E-state index contributed by atoms with van der Waals surface area (Å²) in [6, 6.07) is 9.00. The molecule has 1 aromatic heterocycles. The Labute approximate surface area is 176 Å². The topological polar surface area (TPSA) is 93.4 Å². The smallest absolute Gasteiger partial charge is 0.269 e. The highest BCUT2D eigenvalue weighted by Crippen LogP contribution is 2.21. The standard InChI is InChI=1S/C20H30N6O2S/c1-5-7-13-26-18(16(6-2)25(3)4)22-24-20(26)29-14-17(27)21-23-19(28)15-11-9-8-10-12-15/h8-12,16H,5-7,13-14H2,1-4H3,(H,21,27)(H,23,28)/p+1/t16-/m1/s1. The minimum atomic E-state index is -0.350. The highest BCUT2D eigenvalue weighted by Gasteiger charge is 2.25. The van der Waals surface area contributed by atoms with Crippen LogP contribution in [-0.4, -0.2) is 46.4 Å². The van der Waals surface area contributed by atoms with Crippen LogP contribution in [0.15, 0.2) is 35.5 Å². The van der Waals surface area contributed by atoms with Gasteiger partial charge in [-0.2, -0.15) is 0 Å². The van der Waals surface area contributed by atoms with E-state index in [2.05, 4.69) is 53.6 Å². The third-order valence-electron chi connectivity index (χ3n) is 4.58. The minimum Gasteiger partial charge on any atom is -0.331 e.